The number of aryl methyl sites for hydroxylation is 1. The number of ether oxygens (including phenoxy) is 1. The zero-order valence-corrected chi connectivity index (χ0v) is 10.5. The number of carbonyl (C=O) groups is 1. The molecule has 0 saturated heterocycles. The van der Waals surface area contributed by atoms with Crippen molar-refractivity contribution in [2.24, 2.45) is 0 Å². The van der Waals surface area contributed by atoms with Crippen LogP contribution in [0.1, 0.15) is 16.1 Å². The van der Waals surface area contributed by atoms with Gasteiger partial charge in [-0.15, -0.1) is 11.6 Å². The Morgan fingerprint density at radius 3 is 2.61 bits per heavy atom. The molecule has 0 aliphatic heterocycles. The number of nitrogens with zero attached hydrogens (tertiary/aromatic N) is 2. The maximum atomic E-state index is 11.3. The number of aromatic nitrogens is 2. The van der Waals surface area contributed by atoms with Crippen molar-refractivity contribution in [3.8, 4) is 11.6 Å². The van der Waals surface area contributed by atoms with Gasteiger partial charge >= 0.3 is 0 Å². The molecule has 0 N–H and O–H groups in total. The lowest BCUT2D eigenvalue weighted by molar-refractivity contribution is 0.102. The van der Waals surface area contributed by atoms with Gasteiger partial charge in [0.15, 0.2) is 5.78 Å². The standard InChI is InChI=1S/C13H11ClN2O2/c1-9-7-15-8-13(16-9)18-11-4-2-10(3-5-11)12(17)6-14/h2-5,7-8H,6H2,1H3. The van der Waals surface area contributed by atoms with Gasteiger partial charge in [-0.3, -0.25) is 9.78 Å². The first-order chi connectivity index (χ1) is 8.69. The van der Waals surface area contributed by atoms with E-state index < -0.39 is 0 Å². The first-order valence-corrected chi connectivity index (χ1v) is 5.88. The molecular formula is C13H11ClN2O2. The van der Waals surface area contributed by atoms with E-state index in [1.807, 2.05) is 6.92 Å². The molecule has 0 saturated carbocycles. The van der Waals surface area contributed by atoms with Crippen LogP contribution in [0.4, 0.5) is 0 Å². The predicted octanol–water partition coefficient (Wildman–Crippen LogP) is 3.00. The number of halogens is 1. The van der Waals surface area contributed by atoms with Crippen LogP contribution in [0.2, 0.25) is 0 Å². The number of rotatable bonds is 4. The summed E-state index contributed by atoms with van der Waals surface area (Å²) in [5.74, 6) is 0.884. The van der Waals surface area contributed by atoms with Crippen LogP contribution >= 0.6 is 11.6 Å². The van der Waals surface area contributed by atoms with Gasteiger partial charge in [0.2, 0.25) is 5.88 Å². The Kier molecular flexibility index (Phi) is 3.89. The number of hydrogen-bond donors (Lipinski definition) is 0. The highest BCUT2D eigenvalue weighted by atomic mass is 35.5. The van der Waals surface area contributed by atoms with E-state index in [4.69, 9.17) is 16.3 Å². The lowest BCUT2D eigenvalue weighted by Crippen LogP contribution is -1.99. The zero-order valence-electron chi connectivity index (χ0n) is 9.76. The number of benzene rings is 1. The Balaban J connectivity index is 2.13. The first-order valence-electron chi connectivity index (χ1n) is 5.35. The van der Waals surface area contributed by atoms with Crippen molar-refractivity contribution in [2.75, 3.05) is 5.88 Å². The first kappa shape index (κ1) is 12.5. The van der Waals surface area contributed by atoms with Crippen LogP contribution in [0.5, 0.6) is 11.6 Å². The minimum absolute atomic E-state index is 0.0242. The van der Waals surface area contributed by atoms with Crippen LogP contribution in [0.3, 0.4) is 0 Å². The second kappa shape index (κ2) is 5.60. The Hall–Kier alpha value is -1.94. The van der Waals surface area contributed by atoms with Crippen LogP contribution < -0.4 is 4.74 Å². The third kappa shape index (κ3) is 3.05. The molecule has 1 heterocycles. The van der Waals surface area contributed by atoms with Gasteiger partial charge in [-0.1, -0.05) is 0 Å². The van der Waals surface area contributed by atoms with Crippen LogP contribution in [0, 0.1) is 6.92 Å². The molecule has 0 aliphatic carbocycles. The van der Waals surface area contributed by atoms with Gasteiger partial charge in [-0.2, -0.15) is 0 Å². The molecule has 0 atom stereocenters. The summed E-state index contributed by atoms with van der Waals surface area (Å²) in [4.78, 5) is 19.5. The lowest BCUT2D eigenvalue weighted by Gasteiger charge is -2.05. The van der Waals surface area contributed by atoms with E-state index in [2.05, 4.69) is 9.97 Å². The molecule has 0 radical (unpaired) electrons. The van der Waals surface area contributed by atoms with E-state index >= 15 is 0 Å². The van der Waals surface area contributed by atoms with E-state index in [0.717, 1.165) is 5.69 Å². The normalized spacial score (nSPS) is 10.1. The second-order valence-electron chi connectivity index (χ2n) is 3.68. The third-order valence-corrected chi connectivity index (χ3v) is 2.50. The summed E-state index contributed by atoms with van der Waals surface area (Å²) in [5, 5.41) is 0. The van der Waals surface area contributed by atoms with Crippen LogP contribution in [-0.2, 0) is 0 Å². The largest absolute Gasteiger partial charge is 0.437 e. The quantitative estimate of drug-likeness (QED) is 0.628. The lowest BCUT2D eigenvalue weighted by atomic mass is 10.1. The predicted molar refractivity (Wildman–Crippen MR) is 68.3 cm³/mol. The summed E-state index contributed by atoms with van der Waals surface area (Å²) in [6.07, 6.45) is 3.18. The van der Waals surface area contributed by atoms with Crippen molar-refractivity contribution in [3.05, 3.63) is 47.9 Å². The topological polar surface area (TPSA) is 52.1 Å². The number of ketones is 1. The minimum atomic E-state index is -0.112. The smallest absolute Gasteiger partial charge is 0.238 e. The summed E-state index contributed by atoms with van der Waals surface area (Å²) >= 11 is 5.47. The molecule has 5 heteroatoms. The number of Topliss-reactive ketones (excluding diaryl/α,β-unsaturated/α-hetero) is 1. The van der Waals surface area contributed by atoms with Gasteiger partial charge in [-0.25, -0.2) is 4.98 Å². The van der Waals surface area contributed by atoms with Crippen LogP contribution in [0.15, 0.2) is 36.7 Å². The Morgan fingerprint density at radius 1 is 1.28 bits per heavy atom. The molecule has 1 aromatic heterocycles. The molecule has 0 fully saturated rings. The molecular weight excluding hydrogens is 252 g/mol. The Bertz CT molecular complexity index is 555. The molecule has 0 bridgehead atoms. The summed E-state index contributed by atoms with van der Waals surface area (Å²) in [6.45, 7) is 1.84. The van der Waals surface area contributed by atoms with Gasteiger partial charge in [0.25, 0.3) is 0 Å². The molecule has 2 aromatic rings. The van der Waals surface area contributed by atoms with E-state index in [1.54, 1.807) is 30.5 Å². The fourth-order valence-corrected chi connectivity index (χ4v) is 1.55. The molecule has 0 spiro atoms. The average molecular weight is 263 g/mol. The van der Waals surface area contributed by atoms with E-state index in [0.29, 0.717) is 17.2 Å². The molecule has 2 rings (SSSR count). The highest BCUT2D eigenvalue weighted by Crippen LogP contribution is 2.19. The summed E-state index contributed by atoms with van der Waals surface area (Å²) in [6, 6.07) is 6.74. The second-order valence-corrected chi connectivity index (χ2v) is 3.95. The maximum absolute atomic E-state index is 11.3. The molecule has 1 aromatic carbocycles. The van der Waals surface area contributed by atoms with Gasteiger partial charge in [0, 0.05) is 11.8 Å². The average Bonchev–Trinajstić information content (AvgIpc) is 2.39. The highest BCUT2D eigenvalue weighted by Gasteiger charge is 2.05. The van der Waals surface area contributed by atoms with Gasteiger partial charge in [-0.05, 0) is 31.2 Å². The summed E-state index contributed by atoms with van der Waals surface area (Å²) in [7, 11) is 0. The highest BCUT2D eigenvalue weighted by molar-refractivity contribution is 6.30. The van der Waals surface area contributed by atoms with Crippen molar-refractivity contribution in [1.82, 2.24) is 9.97 Å². The zero-order chi connectivity index (χ0) is 13.0. The number of carbonyl (C=O) groups excluding carboxylic acids is 1. The van der Waals surface area contributed by atoms with Crippen molar-refractivity contribution >= 4 is 17.4 Å². The maximum Gasteiger partial charge on any atom is 0.238 e. The number of alkyl halides is 1. The number of hydrogen-bond acceptors (Lipinski definition) is 4. The van der Waals surface area contributed by atoms with E-state index in [1.165, 1.54) is 6.20 Å². The minimum Gasteiger partial charge on any atom is -0.437 e. The molecule has 92 valence electrons. The molecule has 0 unspecified atom stereocenters. The fraction of sp³-hybridized carbons (Fsp3) is 0.154. The van der Waals surface area contributed by atoms with Crippen LogP contribution in [-0.4, -0.2) is 21.6 Å². The SMILES string of the molecule is Cc1cncc(Oc2ccc(C(=O)CCl)cc2)n1. The van der Waals surface area contributed by atoms with Crippen molar-refractivity contribution in [2.45, 2.75) is 6.92 Å². The molecule has 4 nitrogen and oxygen atoms in total. The van der Waals surface area contributed by atoms with Gasteiger partial charge < -0.3 is 4.74 Å². The Labute approximate surface area is 110 Å². The summed E-state index contributed by atoms with van der Waals surface area (Å²) < 4.78 is 5.51. The molecule has 0 amide bonds. The van der Waals surface area contributed by atoms with Crippen LogP contribution in [0.25, 0.3) is 0 Å². The molecule has 18 heavy (non-hydrogen) atoms. The van der Waals surface area contributed by atoms with E-state index in [-0.39, 0.29) is 11.7 Å². The monoisotopic (exact) mass is 262 g/mol. The molecule has 0 aliphatic rings. The van der Waals surface area contributed by atoms with Crippen molar-refractivity contribution in [1.29, 1.82) is 0 Å². The van der Waals surface area contributed by atoms with Crippen molar-refractivity contribution in [3.63, 3.8) is 0 Å². The van der Waals surface area contributed by atoms with Crippen molar-refractivity contribution < 1.29 is 9.53 Å². The fourth-order valence-electron chi connectivity index (χ4n) is 1.40. The summed E-state index contributed by atoms with van der Waals surface area (Å²) in [5.41, 5.74) is 1.34. The Morgan fingerprint density at radius 2 is 2.00 bits per heavy atom. The van der Waals surface area contributed by atoms with Gasteiger partial charge in [0.05, 0.1) is 17.8 Å². The van der Waals surface area contributed by atoms with Gasteiger partial charge in [0.1, 0.15) is 5.75 Å². The van der Waals surface area contributed by atoms with E-state index in [9.17, 15) is 4.79 Å². The third-order valence-electron chi connectivity index (χ3n) is 2.25.